The number of hydrogen-bond donors (Lipinski definition) is 1. The summed E-state index contributed by atoms with van der Waals surface area (Å²) in [7, 11) is 0. The van der Waals surface area contributed by atoms with Gasteiger partial charge in [0, 0.05) is 19.0 Å². The topological polar surface area (TPSA) is 63.1 Å². The van der Waals surface area contributed by atoms with Crippen LogP contribution >= 0.6 is 0 Å². The molecule has 1 aromatic heterocycles. The lowest BCUT2D eigenvalue weighted by Gasteiger charge is -2.33. The Morgan fingerprint density at radius 1 is 1.19 bits per heavy atom. The van der Waals surface area contributed by atoms with Crippen molar-refractivity contribution in [1.82, 2.24) is 14.9 Å². The van der Waals surface area contributed by atoms with Crippen molar-refractivity contribution in [3.63, 3.8) is 0 Å². The van der Waals surface area contributed by atoms with Crippen molar-refractivity contribution >= 4 is 11.6 Å². The van der Waals surface area contributed by atoms with Gasteiger partial charge in [0.05, 0.1) is 5.69 Å². The quantitative estimate of drug-likeness (QED) is 0.928. The second kappa shape index (κ2) is 5.90. The number of carbonyl (C=O) groups is 1. The molecule has 2 heterocycles. The summed E-state index contributed by atoms with van der Waals surface area (Å²) in [4.78, 5) is 14.1. The highest BCUT2D eigenvalue weighted by molar-refractivity contribution is 5.86. The molecule has 7 heteroatoms. The monoisotopic (exact) mass is 289 g/mol. The van der Waals surface area contributed by atoms with E-state index in [1.165, 1.54) is 23.4 Å². The first kappa shape index (κ1) is 13.5. The van der Waals surface area contributed by atoms with Crippen molar-refractivity contribution in [2.24, 2.45) is 5.92 Å². The second-order valence-corrected chi connectivity index (χ2v) is 5.06. The lowest BCUT2D eigenvalue weighted by Crippen LogP contribution is -2.40. The fourth-order valence-electron chi connectivity index (χ4n) is 2.57. The minimum absolute atomic E-state index is 0.0528. The molecule has 6 nitrogen and oxygen atoms in total. The summed E-state index contributed by atoms with van der Waals surface area (Å²) in [5.74, 6) is -0.344. The van der Waals surface area contributed by atoms with Gasteiger partial charge in [-0.3, -0.25) is 10.2 Å². The number of benzene rings is 1. The van der Waals surface area contributed by atoms with Crippen LogP contribution in [-0.4, -0.2) is 33.9 Å². The van der Waals surface area contributed by atoms with Crippen molar-refractivity contribution in [1.29, 1.82) is 0 Å². The average molecular weight is 289 g/mol. The third kappa shape index (κ3) is 3.01. The first-order valence-electron chi connectivity index (χ1n) is 6.89. The molecular weight excluding hydrogens is 273 g/mol. The largest absolute Gasteiger partial charge is 0.369 e. The van der Waals surface area contributed by atoms with E-state index in [1.807, 2.05) is 11.0 Å². The zero-order valence-corrected chi connectivity index (χ0v) is 11.4. The molecule has 0 aliphatic carbocycles. The maximum atomic E-state index is 13.7. The van der Waals surface area contributed by atoms with Crippen molar-refractivity contribution < 1.29 is 9.18 Å². The van der Waals surface area contributed by atoms with Crippen LogP contribution in [-0.2, 0) is 4.79 Å². The molecule has 0 unspecified atom stereocenters. The van der Waals surface area contributed by atoms with Crippen LogP contribution in [0.3, 0.4) is 0 Å². The summed E-state index contributed by atoms with van der Waals surface area (Å²) in [6.07, 6.45) is 4.27. The van der Waals surface area contributed by atoms with Gasteiger partial charge in [0.1, 0.15) is 18.5 Å². The van der Waals surface area contributed by atoms with Crippen molar-refractivity contribution in [3.8, 4) is 0 Å². The molecule has 0 atom stereocenters. The molecule has 0 spiro atoms. The molecule has 0 saturated carbocycles. The number of carbonyl (C=O) groups excluding carboxylic acids is 1. The molecule has 21 heavy (non-hydrogen) atoms. The molecular formula is C14H16FN5O. The molecule has 1 fully saturated rings. The number of nitrogens with one attached hydrogen (secondary N) is 1. The summed E-state index contributed by atoms with van der Waals surface area (Å²) >= 11 is 0. The lowest BCUT2D eigenvalue weighted by atomic mass is 9.96. The van der Waals surface area contributed by atoms with Gasteiger partial charge in [-0.25, -0.2) is 9.07 Å². The highest BCUT2D eigenvalue weighted by atomic mass is 19.1. The fraction of sp³-hybridized carbons (Fsp3) is 0.357. The predicted octanol–water partition coefficient (Wildman–Crippen LogP) is 1.40. The smallest absolute Gasteiger partial charge is 0.242 e. The molecule has 1 saturated heterocycles. The number of para-hydroxylation sites is 1. The van der Waals surface area contributed by atoms with Gasteiger partial charge in [0.15, 0.2) is 0 Å². The van der Waals surface area contributed by atoms with Gasteiger partial charge in [-0.05, 0) is 25.0 Å². The Kier molecular flexibility index (Phi) is 3.81. The van der Waals surface area contributed by atoms with E-state index in [9.17, 15) is 9.18 Å². The maximum Gasteiger partial charge on any atom is 0.242 e. The number of hydrogen-bond acceptors (Lipinski definition) is 4. The zero-order valence-electron chi connectivity index (χ0n) is 11.4. The summed E-state index contributed by atoms with van der Waals surface area (Å²) in [5, 5.41) is 7.26. The van der Waals surface area contributed by atoms with E-state index in [0.29, 0.717) is 31.6 Å². The standard InChI is InChI=1S/C14H16FN5O/c15-12-3-1-2-4-13(12)19-7-5-11(6-8-19)14(21)18-20-9-16-17-10-20/h1-4,9-11H,5-8H2,(H,18,21). The van der Waals surface area contributed by atoms with Gasteiger partial charge in [-0.1, -0.05) is 12.1 Å². The number of aromatic nitrogens is 3. The van der Waals surface area contributed by atoms with Crippen molar-refractivity contribution in [2.75, 3.05) is 23.4 Å². The normalized spacial score (nSPS) is 16.0. The summed E-state index contributed by atoms with van der Waals surface area (Å²) in [6.45, 7) is 1.34. The Bertz CT molecular complexity index is 608. The third-order valence-corrected chi connectivity index (χ3v) is 3.72. The van der Waals surface area contributed by atoms with Gasteiger partial charge in [-0.15, -0.1) is 10.2 Å². The van der Waals surface area contributed by atoms with Crippen LogP contribution in [0.15, 0.2) is 36.9 Å². The SMILES string of the molecule is O=C(Nn1cnnc1)C1CCN(c2ccccc2F)CC1. The Labute approximate surface area is 121 Å². The van der Waals surface area contributed by atoms with Crippen molar-refractivity contribution in [2.45, 2.75) is 12.8 Å². The Morgan fingerprint density at radius 2 is 1.86 bits per heavy atom. The number of nitrogens with zero attached hydrogens (tertiary/aromatic N) is 4. The van der Waals surface area contributed by atoms with Gasteiger partial charge in [0.25, 0.3) is 0 Å². The molecule has 0 radical (unpaired) electrons. The molecule has 110 valence electrons. The van der Waals surface area contributed by atoms with Gasteiger partial charge < -0.3 is 4.90 Å². The van der Waals surface area contributed by atoms with Gasteiger partial charge >= 0.3 is 0 Å². The first-order chi connectivity index (χ1) is 10.2. The van der Waals surface area contributed by atoms with E-state index in [0.717, 1.165) is 0 Å². The minimum Gasteiger partial charge on any atom is -0.369 e. The van der Waals surface area contributed by atoms with Crippen LogP contribution in [0.4, 0.5) is 10.1 Å². The molecule has 1 N–H and O–H groups in total. The maximum absolute atomic E-state index is 13.7. The van der Waals surface area contributed by atoms with Crippen LogP contribution in [0.2, 0.25) is 0 Å². The van der Waals surface area contributed by atoms with E-state index in [-0.39, 0.29) is 17.6 Å². The molecule has 1 aliphatic rings. The highest BCUT2D eigenvalue weighted by Crippen LogP contribution is 2.25. The van der Waals surface area contributed by atoms with E-state index in [4.69, 9.17) is 0 Å². The zero-order chi connectivity index (χ0) is 14.7. The number of anilines is 1. The minimum atomic E-state index is -0.218. The van der Waals surface area contributed by atoms with E-state index in [1.54, 1.807) is 12.1 Å². The van der Waals surface area contributed by atoms with Crippen LogP contribution in [0.1, 0.15) is 12.8 Å². The summed E-state index contributed by atoms with van der Waals surface area (Å²) < 4.78 is 15.2. The van der Waals surface area contributed by atoms with Crippen molar-refractivity contribution in [3.05, 3.63) is 42.7 Å². The lowest BCUT2D eigenvalue weighted by molar-refractivity contribution is -0.121. The summed E-state index contributed by atoms with van der Waals surface area (Å²) in [5.41, 5.74) is 3.32. The number of halogens is 1. The molecule has 1 aliphatic heterocycles. The molecule has 0 bridgehead atoms. The number of amides is 1. The number of piperidine rings is 1. The van der Waals surface area contributed by atoms with Crippen LogP contribution < -0.4 is 10.3 Å². The molecule has 2 aromatic rings. The van der Waals surface area contributed by atoms with Gasteiger partial charge in [-0.2, -0.15) is 0 Å². The summed E-state index contributed by atoms with van der Waals surface area (Å²) in [6, 6.07) is 6.73. The van der Waals surface area contributed by atoms with Crippen LogP contribution in [0.25, 0.3) is 0 Å². The Morgan fingerprint density at radius 3 is 2.52 bits per heavy atom. The van der Waals surface area contributed by atoms with Gasteiger partial charge in [0.2, 0.25) is 5.91 Å². The third-order valence-electron chi connectivity index (χ3n) is 3.72. The predicted molar refractivity (Wildman–Crippen MR) is 75.7 cm³/mol. The Hall–Kier alpha value is -2.44. The molecule has 1 aromatic carbocycles. The highest BCUT2D eigenvalue weighted by Gasteiger charge is 2.26. The first-order valence-corrected chi connectivity index (χ1v) is 6.89. The van der Waals surface area contributed by atoms with E-state index in [2.05, 4.69) is 15.6 Å². The molecule has 1 amide bonds. The fourth-order valence-corrected chi connectivity index (χ4v) is 2.57. The van der Waals surface area contributed by atoms with E-state index < -0.39 is 0 Å². The average Bonchev–Trinajstić information content (AvgIpc) is 3.01. The van der Waals surface area contributed by atoms with Crippen LogP contribution in [0, 0.1) is 11.7 Å². The molecule has 3 rings (SSSR count). The number of rotatable bonds is 3. The Balaban J connectivity index is 1.58. The van der Waals surface area contributed by atoms with E-state index >= 15 is 0 Å². The van der Waals surface area contributed by atoms with Crippen LogP contribution in [0.5, 0.6) is 0 Å². The second-order valence-electron chi connectivity index (χ2n) is 5.06.